The summed E-state index contributed by atoms with van der Waals surface area (Å²) in [5.41, 5.74) is 2.32. The average molecular weight is 479 g/mol. The van der Waals surface area contributed by atoms with E-state index in [9.17, 15) is 22.8 Å². The van der Waals surface area contributed by atoms with Gasteiger partial charge in [0, 0.05) is 23.1 Å². The molecule has 1 aliphatic heterocycles. The van der Waals surface area contributed by atoms with E-state index in [1.807, 2.05) is 36.4 Å². The first-order valence-electron chi connectivity index (χ1n) is 10.8. The van der Waals surface area contributed by atoms with E-state index in [-0.39, 0.29) is 18.0 Å². The number of benzene rings is 3. The summed E-state index contributed by atoms with van der Waals surface area (Å²) in [6, 6.07) is 18.3. The smallest absolute Gasteiger partial charge is 0.497 e. The van der Waals surface area contributed by atoms with Gasteiger partial charge in [-0.3, -0.25) is 14.2 Å². The molecule has 35 heavy (non-hydrogen) atoms. The van der Waals surface area contributed by atoms with Gasteiger partial charge in [0.2, 0.25) is 0 Å². The van der Waals surface area contributed by atoms with Gasteiger partial charge in [-0.05, 0) is 53.6 Å². The van der Waals surface area contributed by atoms with Gasteiger partial charge in [0.15, 0.2) is 0 Å². The van der Waals surface area contributed by atoms with Crippen molar-refractivity contribution < 1.29 is 27.5 Å². The van der Waals surface area contributed by atoms with Crippen LogP contribution in [0.1, 0.15) is 28.0 Å². The third-order valence-electron chi connectivity index (χ3n) is 6.20. The van der Waals surface area contributed by atoms with E-state index in [1.54, 1.807) is 35.8 Å². The maximum absolute atomic E-state index is 13.7. The summed E-state index contributed by atoms with van der Waals surface area (Å²) in [6.45, 7) is 1.74. The molecule has 0 N–H and O–H groups in total. The Balaban J connectivity index is 1.62. The standard InChI is InChI=1S/C26H20F3N3O3/c1-15-21(12-19-13-24(33)32(30-19)26(27,28)29)22-14-20(35-2)9-10-23(22)31(15)25(34)18-8-7-16-5-3-4-6-17(16)11-18/h3-11,14H,12-13H2,1-2H3. The highest BCUT2D eigenvalue weighted by Gasteiger charge is 2.45. The van der Waals surface area contributed by atoms with Crippen molar-refractivity contribution in [2.45, 2.75) is 26.1 Å². The van der Waals surface area contributed by atoms with E-state index in [0.29, 0.717) is 33.5 Å². The Morgan fingerprint density at radius 1 is 1.06 bits per heavy atom. The molecule has 0 atom stereocenters. The number of carbonyl (C=O) groups excluding carboxylic acids is 2. The molecule has 2 heterocycles. The summed E-state index contributed by atoms with van der Waals surface area (Å²) in [5, 5.41) is 5.66. The first kappa shape index (κ1) is 22.6. The van der Waals surface area contributed by atoms with Crippen LogP contribution in [0, 0.1) is 6.92 Å². The fourth-order valence-electron chi connectivity index (χ4n) is 4.51. The van der Waals surface area contributed by atoms with E-state index >= 15 is 0 Å². The number of ether oxygens (including phenoxy) is 1. The number of fused-ring (bicyclic) bond motifs is 2. The van der Waals surface area contributed by atoms with Crippen molar-refractivity contribution >= 4 is 39.2 Å². The molecule has 9 heteroatoms. The van der Waals surface area contributed by atoms with Crippen molar-refractivity contribution in [1.29, 1.82) is 0 Å². The van der Waals surface area contributed by atoms with Crippen molar-refractivity contribution in [3.63, 3.8) is 0 Å². The highest BCUT2D eigenvalue weighted by Crippen LogP contribution is 2.33. The quantitative estimate of drug-likeness (QED) is 0.366. The molecule has 0 bridgehead atoms. The van der Waals surface area contributed by atoms with Crippen LogP contribution in [0.15, 0.2) is 65.8 Å². The number of aromatic nitrogens is 1. The Kier molecular flexibility index (Phi) is 5.35. The highest BCUT2D eigenvalue weighted by molar-refractivity contribution is 6.09. The number of hydrogen-bond donors (Lipinski definition) is 0. The molecule has 0 aliphatic carbocycles. The lowest BCUT2D eigenvalue weighted by atomic mass is 10.0. The fourth-order valence-corrected chi connectivity index (χ4v) is 4.51. The number of hydrogen-bond acceptors (Lipinski definition) is 4. The maximum Gasteiger partial charge on any atom is 0.507 e. The Labute approximate surface area is 198 Å². The molecule has 0 radical (unpaired) electrons. The molecule has 3 aromatic carbocycles. The molecule has 6 nitrogen and oxygen atoms in total. The Bertz CT molecular complexity index is 1540. The van der Waals surface area contributed by atoms with Crippen LogP contribution in [0.25, 0.3) is 21.7 Å². The SMILES string of the molecule is COc1ccc2c(c1)c(CC1=NN(C(F)(F)F)C(=O)C1)c(C)n2C(=O)c1ccc2ccccc2c1. The summed E-state index contributed by atoms with van der Waals surface area (Å²) in [6.07, 6.45) is -5.32. The summed E-state index contributed by atoms with van der Waals surface area (Å²) in [7, 11) is 1.51. The molecule has 1 aromatic heterocycles. The third-order valence-corrected chi connectivity index (χ3v) is 6.20. The number of alkyl halides is 3. The molecule has 5 rings (SSSR count). The van der Waals surface area contributed by atoms with Gasteiger partial charge in [-0.25, -0.2) is 0 Å². The average Bonchev–Trinajstić information content (AvgIpc) is 3.35. The second-order valence-electron chi connectivity index (χ2n) is 8.34. The second-order valence-corrected chi connectivity index (χ2v) is 8.34. The Morgan fingerprint density at radius 2 is 1.80 bits per heavy atom. The first-order valence-corrected chi connectivity index (χ1v) is 10.8. The molecule has 4 aromatic rings. The van der Waals surface area contributed by atoms with Crippen LogP contribution < -0.4 is 4.74 Å². The monoisotopic (exact) mass is 479 g/mol. The van der Waals surface area contributed by atoms with E-state index in [4.69, 9.17) is 4.74 Å². The molecular weight excluding hydrogens is 459 g/mol. The van der Waals surface area contributed by atoms with Gasteiger partial charge in [0.05, 0.1) is 24.8 Å². The van der Waals surface area contributed by atoms with Crippen LogP contribution in [-0.2, 0) is 11.2 Å². The van der Waals surface area contributed by atoms with Crippen LogP contribution in [0.5, 0.6) is 5.75 Å². The van der Waals surface area contributed by atoms with Gasteiger partial charge < -0.3 is 4.74 Å². The molecule has 0 saturated heterocycles. The number of methoxy groups -OCH3 is 1. The molecule has 0 spiro atoms. The molecule has 1 amide bonds. The van der Waals surface area contributed by atoms with E-state index < -0.39 is 23.6 Å². The van der Waals surface area contributed by atoms with Gasteiger partial charge in [-0.15, -0.1) is 18.2 Å². The molecule has 0 fully saturated rings. The zero-order valence-electron chi connectivity index (χ0n) is 18.9. The van der Waals surface area contributed by atoms with Crippen LogP contribution in [0.2, 0.25) is 0 Å². The topological polar surface area (TPSA) is 63.9 Å². The minimum absolute atomic E-state index is 0.00811. The number of hydrazone groups is 1. The Hall–Kier alpha value is -4.14. The largest absolute Gasteiger partial charge is 0.507 e. The van der Waals surface area contributed by atoms with Crippen LogP contribution in [0.4, 0.5) is 13.2 Å². The predicted octanol–water partition coefficient (Wildman–Crippen LogP) is 5.45. The molecular formula is C26H20F3N3O3. The van der Waals surface area contributed by atoms with E-state index in [2.05, 4.69) is 5.10 Å². The fraction of sp³-hybridized carbons (Fsp3) is 0.192. The van der Waals surface area contributed by atoms with Gasteiger partial charge >= 0.3 is 6.30 Å². The number of carbonyl (C=O) groups is 2. The second kappa shape index (κ2) is 8.26. The summed E-state index contributed by atoms with van der Waals surface area (Å²) < 4.78 is 46.2. The third kappa shape index (κ3) is 3.92. The van der Waals surface area contributed by atoms with E-state index in [0.717, 1.165) is 10.8 Å². The van der Waals surface area contributed by atoms with Crippen molar-refractivity contribution in [2.24, 2.45) is 5.10 Å². The lowest BCUT2D eigenvalue weighted by Gasteiger charge is -2.14. The van der Waals surface area contributed by atoms with Gasteiger partial charge in [0.1, 0.15) is 5.75 Å². The lowest BCUT2D eigenvalue weighted by molar-refractivity contribution is -0.238. The minimum Gasteiger partial charge on any atom is -0.497 e. The van der Waals surface area contributed by atoms with Crippen molar-refractivity contribution in [1.82, 2.24) is 9.58 Å². The zero-order valence-corrected chi connectivity index (χ0v) is 18.9. The molecule has 0 saturated carbocycles. The number of rotatable bonds is 4. The zero-order chi connectivity index (χ0) is 24.9. The normalized spacial score (nSPS) is 14.1. The van der Waals surface area contributed by atoms with Crippen LogP contribution >= 0.6 is 0 Å². The van der Waals surface area contributed by atoms with Crippen LogP contribution in [0.3, 0.4) is 0 Å². The number of amides is 1. The summed E-state index contributed by atoms with van der Waals surface area (Å²) in [4.78, 5) is 25.5. The molecule has 178 valence electrons. The highest BCUT2D eigenvalue weighted by atomic mass is 19.4. The maximum atomic E-state index is 13.7. The first-order chi connectivity index (χ1) is 16.7. The summed E-state index contributed by atoms with van der Waals surface area (Å²) >= 11 is 0. The van der Waals surface area contributed by atoms with Crippen molar-refractivity contribution in [2.75, 3.05) is 7.11 Å². The summed E-state index contributed by atoms with van der Waals surface area (Å²) in [5.74, 6) is -0.856. The molecule has 0 unspecified atom stereocenters. The van der Waals surface area contributed by atoms with Crippen molar-refractivity contribution in [3.8, 4) is 5.75 Å². The predicted molar refractivity (Wildman–Crippen MR) is 126 cm³/mol. The van der Waals surface area contributed by atoms with Gasteiger partial charge in [-0.1, -0.05) is 30.3 Å². The number of halogens is 3. The minimum atomic E-state index is -4.88. The lowest BCUT2D eigenvalue weighted by Crippen LogP contribution is -2.35. The molecule has 1 aliphatic rings. The van der Waals surface area contributed by atoms with Gasteiger partial charge in [-0.2, -0.15) is 5.10 Å². The van der Waals surface area contributed by atoms with E-state index in [1.165, 1.54) is 7.11 Å². The van der Waals surface area contributed by atoms with Gasteiger partial charge in [0.25, 0.3) is 11.8 Å². The Morgan fingerprint density at radius 3 is 2.49 bits per heavy atom. The number of nitrogens with zero attached hydrogens (tertiary/aromatic N) is 3. The van der Waals surface area contributed by atoms with Crippen molar-refractivity contribution in [3.05, 3.63) is 77.5 Å². The van der Waals surface area contributed by atoms with Crippen LogP contribution in [-0.4, -0.2) is 40.5 Å².